The van der Waals surface area contributed by atoms with Gasteiger partial charge in [0.05, 0.1) is 0 Å². The maximum absolute atomic E-state index is 12.0. The number of anilines is 1. The quantitative estimate of drug-likeness (QED) is 0.814. The zero-order valence-electron chi connectivity index (χ0n) is 11.4. The summed E-state index contributed by atoms with van der Waals surface area (Å²) in [5.74, 6) is 0.169. The van der Waals surface area contributed by atoms with Gasteiger partial charge in [0.2, 0.25) is 5.91 Å². The van der Waals surface area contributed by atoms with Crippen LogP contribution >= 0.6 is 11.8 Å². The Morgan fingerprint density at radius 3 is 2.79 bits per heavy atom. The predicted molar refractivity (Wildman–Crippen MR) is 82.3 cm³/mol. The molecule has 0 saturated heterocycles. The van der Waals surface area contributed by atoms with Gasteiger partial charge in [-0.2, -0.15) is 11.8 Å². The molecule has 0 bridgehead atoms. The normalized spacial score (nSPS) is 22.4. The van der Waals surface area contributed by atoms with Crippen LogP contribution < -0.4 is 11.1 Å². The Morgan fingerprint density at radius 2 is 2.11 bits per heavy atom. The van der Waals surface area contributed by atoms with Gasteiger partial charge < -0.3 is 11.1 Å². The lowest BCUT2D eigenvalue weighted by Gasteiger charge is -2.19. The van der Waals surface area contributed by atoms with Gasteiger partial charge >= 0.3 is 0 Å². The molecule has 2 rings (SSSR count). The molecule has 1 aliphatic carbocycles. The molecular formula is C15H22N2OS. The molecule has 2 unspecified atom stereocenters. The van der Waals surface area contributed by atoms with E-state index in [4.69, 9.17) is 5.73 Å². The topological polar surface area (TPSA) is 55.1 Å². The first-order valence-corrected chi connectivity index (χ1v) is 8.14. The zero-order chi connectivity index (χ0) is 13.7. The first kappa shape index (κ1) is 14.3. The van der Waals surface area contributed by atoms with E-state index in [9.17, 15) is 4.79 Å². The summed E-state index contributed by atoms with van der Waals surface area (Å²) in [5.41, 5.74) is 7.57. The van der Waals surface area contributed by atoms with Crippen LogP contribution in [-0.2, 0) is 11.2 Å². The van der Waals surface area contributed by atoms with Crippen LogP contribution in [0.3, 0.4) is 0 Å². The zero-order valence-corrected chi connectivity index (χ0v) is 12.2. The summed E-state index contributed by atoms with van der Waals surface area (Å²) in [6.45, 7) is 0. The van der Waals surface area contributed by atoms with E-state index >= 15 is 0 Å². The molecule has 19 heavy (non-hydrogen) atoms. The summed E-state index contributed by atoms with van der Waals surface area (Å²) in [7, 11) is 0. The van der Waals surface area contributed by atoms with Crippen LogP contribution in [0, 0.1) is 0 Å². The third kappa shape index (κ3) is 4.16. The summed E-state index contributed by atoms with van der Waals surface area (Å²) in [5, 5.41) is 3.77. The molecule has 1 aliphatic rings. The minimum absolute atomic E-state index is 0.169. The van der Waals surface area contributed by atoms with Gasteiger partial charge in [-0.05, 0) is 43.2 Å². The van der Waals surface area contributed by atoms with E-state index in [0.717, 1.165) is 24.1 Å². The second-order valence-corrected chi connectivity index (χ2v) is 6.20. The van der Waals surface area contributed by atoms with Crippen molar-refractivity contribution in [2.45, 2.75) is 43.4 Å². The van der Waals surface area contributed by atoms with Gasteiger partial charge in [-0.15, -0.1) is 0 Å². The molecule has 3 nitrogen and oxygen atoms in total. The fourth-order valence-corrected chi connectivity index (χ4v) is 3.53. The van der Waals surface area contributed by atoms with Gasteiger partial charge in [-0.25, -0.2) is 0 Å². The SMILES string of the molecule is CSC1CCCC1NC(=O)CCc1ccc(N)cc1. The van der Waals surface area contributed by atoms with E-state index in [1.54, 1.807) is 0 Å². The molecule has 0 spiro atoms. The van der Waals surface area contributed by atoms with Gasteiger partial charge in [0.25, 0.3) is 0 Å². The lowest BCUT2D eigenvalue weighted by atomic mass is 10.1. The van der Waals surface area contributed by atoms with Gasteiger partial charge in [-0.1, -0.05) is 18.6 Å². The van der Waals surface area contributed by atoms with Gasteiger partial charge in [0, 0.05) is 23.4 Å². The van der Waals surface area contributed by atoms with Crippen molar-refractivity contribution in [2.75, 3.05) is 12.0 Å². The minimum Gasteiger partial charge on any atom is -0.399 e. The number of nitrogen functional groups attached to an aromatic ring is 1. The van der Waals surface area contributed by atoms with Crippen LogP contribution in [0.2, 0.25) is 0 Å². The molecule has 1 saturated carbocycles. The van der Waals surface area contributed by atoms with E-state index in [2.05, 4.69) is 11.6 Å². The highest BCUT2D eigenvalue weighted by Crippen LogP contribution is 2.28. The van der Waals surface area contributed by atoms with Crippen LogP contribution in [-0.4, -0.2) is 23.5 Å². The maximum atomic E-state index is 12.0. The first-order valence-electron chi connectivity index (χ1n) is 6.85. The van der Waals surface area contributed by atoms with E-state index in [0.29, 0.717) is 17.7 Å². The highest BCUT2D eigenvalue weighted by atomic mass is 32.2. The van der Waals surface area contributed by atoms with Crippen LogP contribution in [0.4, 0.5) is 5.69 Å². The fourth-order valence-electron chi connectivity index (χ4n) is 2.59. The Balaban J connectivity index is 1.77. The number of nitrogens with two attached hydrogens (primary N) is 1. The van der Waals surface area contributed by atoms with Crippen LogP contribution in [0.15, 0.2) is 24.3 Å². The van der Waals surface area contributed by atoms with Crippen molar-refractivity contribution in [1.29, 1.82) is 0 Å². The number of nitrogens with one attached hydrogen (secondary N) is 1. The lowest BCUT2D eigenvalue weighted by Crippen LogP contribution is -2.38. The first-order chi connectivity index (χ1) is 9.19. The molecule has 1 aromatic rings. The van der Waals surface area contributed by atoms with Crippen LogP contribution in [0.5, 0.6) is 0 Å². The van der Waals surface area contributed by atoms with E-state index in [1.807, 2.05) is 36.0 Å². The number of thioether (sulfide) groups is 1. The van der Waals surface area contributed by atoms with Gasteiger partial charge in [0.1, 0.15) is 0 Å². The third-order valence-electron chi connectivity index (χ3n) is 3.72. The number of benzene rings is 1. The Morgan fingerprint density at radius 1 is 1.37 bits per heavy atom. The number of rotatable bonds is 5. The summed E-state index contributed by atoms with van der Waals surface area (Å²) in [6, 6.07) is 8.11. The Labute approximate surface area is 119 Å². The van der Waals surface area contributed by atoms with Crippen LogP contribution in [0.25, 0.3) is 0 Å². The summed E-state index contributed by atoms with van der Waals surface area (Å²) in [6.07, 6.45) is 7.05. The molecule has 0 aliphatic heterocycles. The average molecular weight is 278 g/mol. The van der Waals surface area contributed by atoms with Crippen molar-refractivity contribution < 1.29 is 4.79 Å². The molecule has 1 aromatic carbocycles. The van der Waals surface area contributed by atoms with Crippen molar-refractivity contribution in [3.05, 3.63) is 29.8 Å². The largest absolute Gasteiger partial charge is 0.399 e. The van der Waals surface area contributed by atoms with Crippen molar-refractivity contribution >= 4 is 23.4 Å². The summed E-state index contributed by atoms with van der Waals surface area (Å²) in [4.78, 5) is 12.0. The lowest BCUT2D eigenvalue weighted by molar-refractivity contribution is -0.121. The number of carbonyl (C=O) groups is 1. The van der Waals surface area contributed by atoms with E-state index in [-0.39, 0.29) is 5.91 Å². The van der Waals surface area contributed by atoms with E-state index in [1.165, 1.54) is 12.8 Å². The van der Waals surface area contributed by atoms with Crippen molar-refractivity contribution in [1.82, 2.24) is 5.32 Å². The average Bonchev–Trinajstić information content (AvgIpc) is 2.85. The monoisotopic (exact) mass is 278 g/mol. The molecule has 1 amide bonds. The second-order valence-electron chi connectivity index (χ2n) is 5.12. The number of hydrogen-bond acceptors (Lipinski definition) is 3. The predicted octanol–water partition coefficient (Wildman–Crippen LogP) is 2.60. The molecule has 4 heteroatoms. The fraction of sp³-hybridized carbons (Fsp3) is 0.533. The highest BCUT2D eigenvalue weighted by Gasteiger charge is 2.27. The Kier molecular flexibility index (Phi) is 5.14. The minimum atomic E-state index is 0.169. The number of hydrogen-bond donors (Lipinski definition) is 2. The molecule has 0 radical (unpaired) electrons. The maximum Gasteiger partial charge on any atom is 0.220 e. The van der Waals surface area contributed by atoms with Crippen LogP contribution in [0.1, 0.15) is 31.2 Å². The Bertz CT molecular complexity index is 419. The molecular weight excluding hydrogens is 256 g/mol. The van der Waals surface area contributed by atoms with Gasteiger partial charge in [0.15, 0.2) is 0 Å². The van der Waals surface area contributed by atoms with Crippen molar-refractivity contribution in [3.63, 3.8) is 0 Å². The standard InChI is InChI=1S/C15H22N2OS/c1-19-14-4-2-3-13(14)17-15(18)10-7-11-5-8-12(16)9-6-11/h5-6,8-9,13-14H,2-4,7,10,16H2,1H3,(H,17,18). The number of carbonyl (C=O) groups excluding carboxylic acids is 1. The summed E-state index contributed by atoms with van der Waals surface area (Å²) < 4.78 is 0. The highest BCUT2D eigenvalue weighted by molar-refractivity contribution is 7.99. The molecule has 2 atom stereocenters. The number of amides is 1. The second kappa shape index (κ2) is 6.85. The molecule has 3 N–H and O–H groups in total. The smallest absolute Gasteiger partial charge is 0.220 e. The van der Waals surface area contributed by atoms with Crippen molar-refractivity contribution in [2.24, 2.45) is 0 Å². The molecule has 1 fully saturated rings. The Hall–Kier alpha value is -1.16. The molecule has 0 aromatic heterocycles. The molecule has 104 valence electrons. The van der Waals surface area contributed by atoms with Crippen molar-refractivity contribution in [3.8, 4) is 0 Å². The third-order valence-corrected chi connectivity index (χ3v) is 4.89. The molecule has 0 heterocycles. The van der Waals surface area contributed by atoms with E-state index < -0.39 is 0 Å². The summed E-state index contributed by atoms with van der Waals surface area (Å²) >= 11 is 1.87. The number of aryl methyl sites for hydroxylation is 1. The van der Waals surface area contributed by atoms with Gasteiger partial charge in [-0.3, -0.25) is 4.79 Å².